The molecule has 4 heteroatoms. The Morgan fingerprint density at radius 1 is 1.55 bits per heavy atom. The van der Waals surface area contributed by atoms with Crippen molar-refractivity contribution >= 4 is 18.0 Å². The minimum absolute atomic E-state index is 0.101. The van der Waals surface area contributed by atoms with Gasteiger partial charge in [0.25, 0.3) is 11.8 Å². The molecule has 1 rings (SSSR count). The van der Waals surface area contributed by atoms with Crippen molar-refractivity contribution in [2.75, 3.05) is 0 Å². The Morgan fingerprint density at radius 3 is 2.64 bits per heavy atom. The molecule has 0 spiro atoms. The fourth-order valence-electron chi connectivity index (χ4n) is 0.907. The highest BCUT2D eigenvalue weighted by atomic mass is 16.2. The largest absolute Gasteiger partial charge is 0.339 e. The van der Waals surface area contributed by atoms with Crippen LogP contribution in [0.1, 0.15) is 13.8 Å². The maximum Gasteiger partial charge on any atom is 0.268 e. The highest BCUT2D eigenvalue weighted by molar-refractivity contribution is 6.30. The highest BCUT2D eigenvalue weighted by Gasteiger charge is 2.25. The second-order valence-corrected chi connectivity index (χ2v) is 2.83. The van der Waals surface area contributed by atoms with E-state index < -0.39 is 6.04 Å². The summed E-state index contributed by atoms with van der Waals surface area (Å²) in [5.74, 6) is -0.452. The number of hydrogen-bond acceptors (Lipinski definition) is 2. The van der Waals surface area contributed by atoms with E-state index in [4.69, 9.17) is 0 Å². The van der Waals surface area contributed by atoms with Gasteiger partial charge in [0.1, 0.15) is 6.04 Å². The molecule has 0 fully saturated rings. The van der Waals surface area contributed by atoms with Crippen molar-refractivity contribution < 1.29 is 9.59 Å². The summed E-state index contributed by atoms with van der Waals surface area (Å²) in [7, 11) is 0. The van der Waals surface area contributed by atoms with E-state index >= 15 is 0 Å². The van der Waals surface area contributed by atoms with Crippen molar-refractivity contribution in [1.29, 1.82) is 0 Å². The molecule has 4 nitrogen and oxygen atoms in total. The van der Waals surface area contributed by atoms with Gasteiger partial charge in [-0.2, -0.15) is 0 Å². The Hall–Kier alpha value is -1.19. The van der Waals surface area contributed by atoms with Gasteiger partial charge in [-0.25, -0.2) is 4.99 Å². The molecular weight excluding hydrogens is 144 g/mol. The van der Waals surface area contributed by atoms with Crippen LogP contribution in [-0.2, 0) is 9.59 Å². The summed E-state index contributed by atoms with van der Waals surface area (Å²) >= 11 is 0. The first-order valence-electron chi connectivity index (χ1n) is 3.49. The zero-order valence-corrected chi connectivity index (χ0v) is 6.50. The van der Waals surface area contributed by atoms with Gasteiger partial charge >= 0.3 is 0 Å². The minimum Gasteiger partial charge on any atom is -0.339 e. The number of carbonyl (C=O) groups excluding carboxylic acids is 2. The van der Waals surface area contributed by atoms with Crippen molar-refractivity contribution in [2.45, 2.75) is 19.9 Å². The maximum atomic E-state index is 11.0. The summed E-state index contributed by atoms with van der Waals surface area (Å²) in [6.07, 6.45) is 1.02. The summed E-state index contributed by atoms with van der Waals surface area (Å²) in [5, 5.41) is 2.53. The molecule has 0 saturated heterocycles. The lowest BCUT2D eigenvalue weighted by molar-refractivity contribution is -0.126. The predicted molar refractivity (Wildman–Crippen MR) is 40.3 cm³/mol. The van der Waals surface area contributed by atoms with E-state index in [0.29, 0.717) is 0 Å². The Balaban J connectivity index is 2.76. The first-order chi connectivity index (χ1) is 5.11. The lowest BCUT2D eigenvalue weighted by Gasteiger charge is -2.20. The average Bonchev–Trinajstić information content (AvgIpc) is 1.94. The smallest absolute Gasteiger partial charge is 0.268 e. The third kappa shape index (κ3) is 1.63. The molecule has 1 atom stereocenters. The van der Waals surface area contributed by atoms with E-state index in [2.05, 4.69) is 10.3 Å². The quantitative estimate of drug-likeness (QED) is 0.565. The van der Waals surface area contributed by atoms with Crippen LogP contribution in [0.3, 0.4) is 0 Å². The summed E-state index contributed by atoms with van der Waals surface area (Å²) in [6.45, 7) is 3.73. The molecule has 1 heterocycles. The Labute approximate surface area is 64.7 Å². The topological polar surface area (TPSA) is 58.5 Å². The second-order valence-electron chi connectivity index (χ2n) is 2.83. The first-order valence-corrected chi connectivity index (χ1v) is 3.49. The van der Waals surface area contributed by atoms with Gasteiger partial charge < -0.3 is 5.32 Å². The highest BCUT2D eigenvalue weighted by Crippen LogP contribution is 2.05. The van der Waals surface area contributed by atoms with Crippen LogP contribution in [0.5, 0.6) is 0 Å². The molecule has 0 saturated carbocycles. The number of nitrogens with zero attached hydrogens (tertiary/aromatic N) is 1. The molecule has 11 heavy (non-hydrogen) atoms. The third-order valence-corrected chi connectivity index (χ3v) is 1.54. The summed E-state index contributed by atoms with van der Waals surface area (Å²) < 4.78 is 0. The molecule has 0 aromatic carbocycles. The van der Waals surface area contributed by atoms with E-state index in [-0.39, 0.29) is 17.7 Å². The van der Waals surface area contributed by atoms with Gasteiger partial charge in [0.2, 0.25) is 0 Å². The minimum atomic E-state index is -0.438. The van der Waals surface area contributed by atoms with Crippen molar-refractivity contribution in [1.82, 2.24) is 5.32 Å². The number of carbonyl (C=O) groups is 2. The summed E-state index contributed by atoms with van der Waals surface area (Å²) in [4.78, 5) is 25.1. The average molecular weight is 154 g/mol. The van der Waals surface area contributed by atoms with Gasteiger partial charge in [-0.3, -0.25) is 9.59 Å². The molecule has 1 aliphatic rings. The molecule has 0 aromatic rings. The van der Waals surface area contributed by atoms with Crippen LogP contribution in [0.25, 0.3) is 0 Å². The van der Waals surface area contributed by atoms with Crippen molar-refractivity contribution in [3.8, 4) is 0 Å². The Bertz CT molecular complexity index is 220. The van der Waals surface area contributed by atoms with Crippen molar-refractivity contribution in [2.24, 2.45) is 10.9 Å². The van der Waals surface area contributed by atoms with Crippen LogP contribution in [0, 0.1) is 5.92 Å². The first kappa shape index (κ1) is 7.91. The van der Waals surface area contributed by atoms with Crippen LogP contribution in [0.15, 0.2) is 4.99 Å². The fraction of sp³-hybridized carbons (Fsp3) is 0.571. The van der Waals surface area contributed by atoms with Gasteiger partial charge in [-0.05, 0) is 5.92 Å². The molecule has 60 valence electrons. The molecule has 1 N–H and O–H groups in total. The molecule has 1 unspecified atom stereocenters. The monoisotopic (exact) mass is 154 g/mol. The van der Waals surface area contributed by atoms with Gasteiger partial charge in [-0.15, -0.1) is 0 Å². The second kappa shape index (κ2) is 2.82. The van der Waals surface area contributed by atoms with Crippen LogP contribution in [-0.4, -0.2) is 24.1 Å². The Morgan fingerprint density at radius 2 is 2.18 bits per heavy atom. The van der Waals surface area contributed by atoms with Crippen LogP contribution < -0.4 is 5.32 Å². The van der Waals surface area contributed by atoms with Gasteiger partial charge in [-0.1, -0.05) is 13.8 Å². The lowest BCUT2D eigenvalue weighted by Crippen LogP contribution is -2.47. The fourth-order valence-corrected chi connectivity index (χ4v) is 0.907. The third-order valence-electron chi connectivity index (χ3n) is 1.54. The lowest BCUT2D eigenvalue weighted by atomic mass is 10.0. The van der Waals surface area contributed by atoms with Crippen molar-refractivity contribution in [3.05, 3.63) is 0 Å². The molecule has 0 aliphatic carbocycles. The van der Waals surface area contributed by atoms with E-state index in [9.17, 15) is 9.59 Å². The molecule has 1 aliphatic heterocycles. The van der Waals surface area contributed by atoms with E-state index in [1.165, 1.54) is 0 Å². The van der Waals surface area contributed by atoms with E-state index in [0.717, 1.165) is 6.21 Å². The molecule has 0 aromatic heterocycles. The molecular formula is C7H10N2O2. The van der Waals surface area contributed by atoms with Crippen LogP contribution in [0.2, 0.25) is 0 Å². The van der Waals surface area contributed by atoms with Crippen molar-refractivity contribution in [3.63, 3.8) is 0 Å². The zero-order chi connectivity index (χ0) is 8.43. The van der Waals surface area contributed by atoms with Gasteiger partial charge in [0, 0.05) is 0 Å². The number of aliphatic imine (C=N–C) groups is 1. The van der Waals surface area contributed by atoms with E-state index in [1.54, 1.807) is 0 Å². The molecule has 2 amide bonds. The number of hydrogen-bond donors (Lipinski definition) is 1. The standard InChI is InChI=1S/C7H10N2O2/c1-4(2)6-7(11)8-3-5(10)9-6/h3-4,6H,1-2H3,(H,9,10). The SMILES string of the molecule is CC(C)C1NC(=O)C=NC1=O. The molecule has 0 bridgehead atoms. The maximum absolute atomic E-state index is 11.0. The summed E-state index contributed by atoms with van der Waals surface area (Å²) in [6, 6.07) is -0.438. The number of rotatable bonds is 1. The van der Waals surface area contributed by atoms with Crippen LogP contribution in [0.4, 0.5) is 0 Å². The molecule has 0 radical (unpaired) electrons. The van der Waals surface area contributed by atoms with Gasteiger partial charge in [0.05, 0.1) is 6.21 Å². The Kier molecular flexibility index (Phi) is 2.03. The van der Waals surface area contributed by atoms with E-state index in [1.807, 2.05) is 13.8 Å². The number of amides is 2. The van der Waals surface area contributed by atoms with Gasteiger partial charge in [0.15, 0.2) is 0 Å². The zero-order valence-electron chi connectivity index (χ0n) is 6.50. The normalized spacial score (nSPS) is 24.1. The van der Waals surface area contributed by atoms with Crippen LogP contribution >= 0.6 is 0 Å². The predicted octanol–water partition coefficient (Wildman–Crippen LogP) is -0.262. The number of nitrogens with one attached hydrogen (secondary N) is 1. The summed E-state index contributed by atoms with van der Waals surface area (Å²) in [5.41, 5.74) is 0.